The number of amides is 3. The summed E-state index contributed by atoms with van der Waals surface area (Å²) in [4.78, 5) is 37.9. The van der Waals surface area contributed by atoms with Crippen LogP contribution >= 0.6 is 0 Å². The second-order valence-corrected chi connectivity index (χ2v) is 5.77. The third-order valence-corrected chi connectivity index (χ3v) is 4.17. The summed E-state index contributed by atoms with van der Waals surface area (Å²) < 4.78 is 0. The number of nitrogens with one attached hydrogen (secondary N) is 2. The standard InChI is InChI=1S/C17H18N4O3/c1-4-15(22)18-11-5-6-12-13(7-11)17(24)21(16(12)23)8-14-9(2)19-20-10(14)3/h5-7H,4,8H2,1-3H3,(H,18,22)(H,19,20). The van der Waals surface area contributed by atoms with Gasteiger partial charge in [-0.2, -0.15) is 5.10 Å². The zero-order chi connectivity index (χ0) is 17.4. The Balaban J connectivity index is 1.89. The molecular formula is C17H18N4O3. The van der Waals surface area contributed by atoms with Crippen molar-refractivity contribution in [1.82, 2.24) is 15.1 Å². The quantitative estimate of drug-likeness (QED) is 0.842. The Morgan fingerprint density at radius 1 is 1.21 bits per heavy atom. The lowest BCUT2D eigenvalue weighted by Crippen LogP contribution is -2.29. The highest BCUT2D eigenvalue weighted by Crippen LogP contribution is 2.28. The lowest BCUT2D eigenvalue weighted by molar-refractivity contribution is -0.115. The Morgan fingerprint density at radius 2 is 1.92 bits per heavy atom. The topological polar surface area (TPSA) is 95.2 Å². The summed E-state index contributed by atoms with van der Waals surface area (Å²) >= 11 is 0. The third kappa shape index (κ3) is 2.58. The molecule has 2 heterocycles. The summed E-state index contributed by atoms with van der Waals surface area (Å²) in [5.74, 6) is -0.834. The van der Waals surface area contributed by atoms with E-state index in [0.29, 0.717) is 23.2 Å². The molecule has 2 N–H and O–H groups in total. The minimum atomic E-state index is -0.359. The number of rotatable bonds is 4. The number of carbonyl (C=O) groups is 3. The zero-order valence-corrected chi connectivity index (χ0v) is 13.8. The minimum Gasteiger partial charge on any atom is -0.326 e. The van der Waals surface area contributed by atoms with Gasteiger partial charge in [-0.25, -0.2) is 0 Å². The molecule has 0 saturated carbocycles. The van der Waals surface area contributed by atoms with Crippen LogP contribution in [0.15, 0.2) is 18.2 Å². The second-order valence-electron chi connectivity index (χ2n) is 5.77. The van der Waals surface area contributed by atoms with Crippen LogP contribution in [0.3, 0.4) is 0 Å². The molecule has 1 aromatic carbocycles. The highest BCUT2D eigenvalue weighted by atomic mass is 16.2. The first-order valence-corrected chi connectivity index (χ1v) is 7.73. The summed E-state index contributed by atoms with van der Waals surface area (Å²) in [6.07, 6.45) is 0.342. The average molecular weight is 326 g/mol. The molecule has 3 amide bonds. The predicted octanol–water partition coefficient (Wildman–Crippen LogP) is 2.17. The van der Waals surface area contributed by atoms with Crippen molar-refractivity contribution >= 4 is 23.4 Å². The van der Waals surface area contributed by atoms with Gasteiger partial charge in [-0.1, -0.05) is 6.92 Å². The Labute approximate surface area is 139 Å². The van der Waals surface area contributed by atoms with Gasteiger partial charge in [0.15, 0.2) is 0 Å². The summed E-state index contributed by atoms with van der Waals surface area (Å²) in [5.41, 5.74) is 3.61. The molecule has 0 unspecified atom stereocenters. The van der Waals surface area contributed by atoms with Crippen LogP contribution in [-0.4, -0.2) is 32.8 Å². The fourth-order valence-corrected chi connectivity index (χ4v) is 2.73. The highest BCUT2D eigenvalue weighted by Gasteiger charge is 2.36. The van der Waals surface area contributed by atoms with Crippen molar-refractivity contribution in [3.63, 3.8) is 0 Å². The van der Waals surface area contributed by atoms with Crippen molar-refractivity contribution in [2.24, 2.45) is 0 Å². The molecule has 24 heavy (non-hydrogen) atoms. The smallest absolute Gasteiger partial charge is 0.261 e. The van der Waals surface area contributed by atoms with Crippen molar-refractivity contribution in [2.45, 2.75) is 33.7 Å². The van der Waals surface area contributed by atoms with E-state index in [1.54, 1.807) is 25.1 Å². The number of hydrogen-bond acceptors (Lipinski definition) is 4. The summed E-state index contributed by atoms with van der Waals surface area (Å²) in [7, 11) is 0. The molecule has 1 aliphatic heterocycles. The Morgan fingerprint density at radius 3 is 2.54 bits per heavy atom. The van der Waals surface area contributed by atoms with Gasteiger partial charge in [0.05, 0.1) is 23.4 Å². The first-order valence-electron chi connectivity index (χ1n) is 7.73. The van der Waals surface area contributed by atoms with E-state index in [1.165, 1.54) is 4.90 Å². The van der Waals surface area contributed by atoms with Crippen LogP contribution in [-0.2, 0) is 11.3 Å². The fourth-order valence-electron chi connectivity index (χ4n) is 2.73. The van der Waals surface area contributed by atoms with Crippen molar-refractivity contribution < 1.29 is 14.4 Å². The van der Waals surface area contributed by atoms with E-state index in [9.17, 15) is 14.4 Å². The molecule has 0 aliphatic carbocycles. The van der Waals surface area contributed by atoms with Gasteiger partial charge in [0.2, 0.25) is 5.91 Å². The summed E-state index contributed by atoms with van der Waals surface area (Å²) in [6.45, 7) is 5.60. The van der Waals surface area contributed by atoms with E-state index in [-0.39, 0.29) is 24.3 Å². The second kappa shape index (κ2) is 5.92. The molecule has 7 nitrogen and oxygen atoms in total. The molecule has 124 valence electrons. The molecule has 1 aromatic heterocycles. The first kappa shape index (κ1) is 15.9. The molecule has 7 heteroatoms. The Kier molecular flexibility index (Phi) is 3.92. The highest BCUT2D eigenvalue weighted by molar-refractivity contribution is 6.21. The maximum absolute atomic E-state index is 12.6. The number of nitrogens with zero attached hydrogens (tertiary/aromatic N) is 2. The maximum Gasteiger partial charge on any atom is 0.261 e. The van der Waals surface area contributed by atoms with Crippen LogP contribution in [0.5, 0.6) is 0 Å². The predicted molar refractivity (Wildman–Crippen MR) is 87.6 cm³/mol. The summed E-state index contributed by atoms with van der Waals surface area (Å²) in [5, 5.41) is 9.64. The average Bonchev–Trinajstić information content (AvgIpc) is 3.00. The van der Waals surface area contributed by atoms with E-state index in [2.05, 4.69) is 15.5 Å². The van der Waals surface area contributed by atoms with Crippen molar-refractivity contribution in [2.75, 3.05) is 5.32 Å². The van der Waals surface area contributed by atoms with Gasteiger partial charge >= 0.3 is 0 Å². The van der Waals surface area contributed by atoms with Gasteiger partial charge in [0.25, 0.3) is 11.8 Å². The number of aromatic amines is 1. The van der Waals surface area contributed by atoms with E-state index >= 15 is 0 Å². The molecule has 0 saturated heterocycles. The minimum absolute atomic E-state index is 0.145. The third-order valence-electron chi connectivity index (χ3n) is 4.17. The number of carbonyl (C=O) groups excluding carboxylic acids is 3. The van der Waals surface area contributed by atoms with Gasteiger partial charge in [0, 0.05) is 23.4 Å². The number of anilines is 1. The molecule has 0 spiro atoms. The SMILES string of the molecule is CCC(=O)Nc1ccc2c(c1)C(=O)N(Cc1c(C)n[nH]c1C)C2=O. The Bertz CT molecular complexity index is 834. The number of aryl methyl sites for hydroxylation is 2. The van der Waals surface area contributed by atoms with Crippen molar-refractivity contribution in [1.29, 1.82) is 0 Å². The number of benzene rings is 1. The van der Waals surface area contributed by atoms with Gasteiger partial charge in [-0.05, 0) is 32.0 Å². The summed E-state index contributed by atoms with van der Waals surface area (Å²) in [6, 6.07) is 4.77. The number of imide groups is 1. The molecule has 0 atom stereocenters. The van der Waals surface area contributed by atoms with E-state index in [4.69, 9.17) is 0 Å². The molecule has 0 bridgehead atoms. The van der Waals surface area contributed by atoms with Crippen LogP contribution < -0.4 is 5.32 Å². The fraction of sp³-hybridized carbons (Fsp3) is 0.294. The largest absolute Gasteiger partial charge is 0.326 e. The van der Waals surface area contributed by atoms with E-state index in [1.807, 2.05) is 13.8 Å². The number of H-pyrrole nitrogens is 1. The molecule has 0 fully saturated rings. The number of fused-ring (bicyclic) bond motifs is 1. The van der Waals surface area contributed by atoms with Crippen LogP contribution in [0.2, 0.25) is 0 Å². The Hall–Kier alpha value is -2.96. The van der Waals surface area contributed by atoms with Gasteiger partial charge in [-0.15, -0.1) is 0 Å². The number of aromatic nitrogens is 2. The van der Waals surface area contributed by atoms with E-state index in [0.717, 1.165) is 17.0 Å². The number of hydrogen-bond donors (Lipinski definition) is 2. The molecule has 0 radical (unpaired) electrons. The van der Waals surface area contributed by atoms with Gasteiger partial charge in [-0.3, -0.25) is 24.4 Å². The normalized spacial score (nSPS) is 13.4. The zero-order valence-electron chi connectivity index (χ0n) is 13.8. The van der Waals surface area contributed by atoms with Gasteiger partial charge < -0.3 is 5.32 Å². The molecule has 1 aliphatic rings. The van der Waals surface area contributed by atoms with Crippen molar-refractivity contribution in [3.05, 3.63) is 46.3 Å². The van der Waals surface area contributed by atoms with Crippen LogP contribution in [0, 0.1) is 13.8 Å². The molecule has 2 aromatic rings. The monoisotopic (exact) mass is 326 g/mol. The van der Waals surface area contributed by atoms with E-state index < -0.39 is 0 Å². The van der Waals surface area contributed by atoms with Crippen molar-refractivity contribution in [3.8, 4) is 0 Å². The van der Waals surface area contributed by atoms with Crippen LogP contribution in [0.4, 0.5) is 5.69 Å². The molecular weight excluding hydrogens is 308 g/mol. The van der Waals surface area contributed by atoms with Gasteiger partial charge in [0.1, 0.15) is 0 Å². The van der Waals surface area contributed by atoms with Crippen LogP contribution in [0.25, 0.3) is 0 Å². The van der Waals surface area contributed by atoms with Crippen LogP contribution in [0.1, 0.15) is 51.0 Å². The lowest BCUT2D eigenvalue weighted by atomic mass is 10.1. The maximum atomic E-state index is 12.6. The molecule has 3 rings (SSSR count). The lowest BCUT2D eigenvalue weighted by Gasteiger charge is -2.13. The first-order chi connectivity index (χ1) is 11.4.